The third-order valence-electron chi connectivity index (χ3n) is 5.24. The van der Waals surface area contributed by atoms with E-state index >= 15 is 0 Å². The number of benzene rings is 2. The Labute approximate surface area is 172 Å². The third kappa shape index (κ3) is 3.30. The molecule has 0 saturated heterocycles. The van der Waals surface area contributed by atoms with Crippen LogP contribution in [0.1, 0.15) is 22.7 Å². The summed E-state index contributed by atoms with van der Waals surface area (Å²) < 4.78 is 5.52. The van der Waals surface area contributed by atoms with Crippen LogP contribution in [0, 0.1) is 0 Å². The molecule has 0 aliphatic heterocycles. The van der Waals surface area contributed by atoms with Crippen LogP contribution in [0.5, 0.6) is 0 Å². The average Bonchev–Trinajstić information content (AvgIpc) is 3.39. The van der Waals surface area contributed by atoms with Gasteiger partial charge in [-0.15, -0.1) is 0 Å². The van der Waals surface area contributed by atoms with E-state index in [9.17, 15) is 4.79 Å². The predicted molar refractivity (Wildman–Crippen MR) is 114 cm³/mol. The number of nitrogens with zero attached hydrogens (tertiary/aromatic N) is 3. The minimum absolute atomic E-state index is 0.0494. The fraction of sp³-hybridized carbons (Fsp3) is 0.130. The molecule has 0 atom stereocenters. The van der Waals surface area contributed by atoms with Crippen molar-refractivity contribution in [3.63, 3.8) is 0 Å². The van der Waals surface area contributed by atoms with Gasteiger partial charge in [-0.1, -0.05) is 54.6 Å². The van der Waals surface area contributed by atoms with Gasteiger partial charge in [-0.2, -0.15) is 0 Å². The molecule has 7 heteroatoms. The first-order chi connectivity index (χ1) is 14.8. The molecule has 2 heterocycles. The minimum atomic E-state index is -0.448. The summed E-state index contributed by atoms with van der Waals surface area (Å²) in [6.07, 6.45) is 6.21. The number of hydrogen-bond acceptors (Lipinski definition) is 5. The van der Waals surface area contributed by atoms with Crippen LogP contribution >= 0.6 is 0 Å². The summed E-state index contributed by atoms with van der Waals surface area (Å²) in [6.45, 7) is 0.626. The number of carbonyl (C=O) groups is 1. The molecular formula is C23H19N5O2. The smallest absolute Gasteiger partial charge is 0.407 e. The molecule has 7 nitrogen and oxygen atoms in total. The van der Waals surface area contributed by atoms with Crippen molar-refractivity contribution in [1.82, 2.24) is 25.3 Å². The van der Waals surface area contributed by atoms with Gasteiger partial charge in [-0.3, -0.25) is 0 Å². The number of alkyl carbamates (subject to hydrolysis) is 1. The van der Waals surface area contributed by atoms with Crippen LogP contribution in [0.2, 0.25) is 0 Å². The highest BCUT2D eigenvalue weighted by atomic mass is 16.5. The quantitative estimate of drug-likeness (QED) is 0.533. The normalized spacial score (nSPS) is 12.8. The molecular weight excluding hydrogens is 378 g/mol. The molecule has 1 aliphatic carbocycles. The Bertz CT molecular complexity index is 1200. The zero-order chi connectivity index (χ0) is 20.3. The molecule has 0 fully saturated rings. The Morgan fingerprint density at radius 1 is 1.03 bits per heavy atom. The van der Waals surface area contributed by atoms with E-state index in [-0.39, 0.29) is 5.92 Å². The molecule has 1 amide bonds. The van der Waals surface area contributed by atoms with Gasteiger partial charge in [0.15, 0.2) is 5.65 Å². The lowest BCUT2D eigenvalue weighted by atomic mass is 9.98. The second-order valence-electron chi connectivity index (χ2n) is 6.97. The maximum absolute atomic E-state index is 12.2. The SMILES string of the molecule is O=C(NCC=Cc1ncnc2nc[nH]c12)OCC1c2ccccc2-c2ccccc21. The van der Waals surface area contributed by atoms with Gasteiger partial charge in [-0.05, 0) is 28.3 Å². The summed E-state index contributed by atoms with van der Waals surface area (Å²) in [7, 11) is 0. The largest absolute Gasteiger partial charge is 0.449 e. The van der Waals surface area contributed by atoms with Crippen molar-refractivity contribution < 1.29 is 9.53 Å². The van der Waals surface area contributed by atoms with Crippen LogP contribution in [0.4, 0.5) is 4.79 Å². The maximum atomic E-state index is 12.2. The lowest BCUT2D eigenvalue weighted by molar-refractivity contribution is 0.144. The number of rotatable bonds is 5. The fourth-order valence-corrected chi connectivity index (χ4v) is 3.87. The van der Waals surface area contributed by atoms with Crippen LogP contribution in [0.15, 0.2) is 67.3 Å². The number of aromatic amines is 1. The van der Waals surface area contributed by atoms with Gasteiger partial charge in [0.25, 0.3) is 0 Å². The standard InChI is InChI=1S/C23H19N5O2/c29-23(24-11-5-10-20-21-22(27-13-25-20)28-14-26-21)30-12-19-17-8-3-1-6-15(17)16-7-2-4-9-18(16)19/h1-10,13-14,19H,11-12H2,(H,24,29)(H,25,26,27,28). The number of imidazole rings is 1. The van der Waals surface area contributed by atoms with Crippen LogP contribution in [-0.2, 0) is 4.74 Å². The summed E-state index contributed by atoms with van der Waals surface area (Å²) in [5.41, 5.74) is 6.88. The van der Waals surface area contributed by atoms with Crippen LogP contribution in [-0.4, -0.2) is 39.2 Å². The summed E-state index contributed by atoms with van der Waals surface area (Å²) in [4.78, 5) is 27.6. The van der Waals surface area contributed by atoms with Gasteiger partial charge in [0.2, 0.25) is 0 Å². The molecule has 30 heavy (non-hydrogen) atoms. The van der Waals surface area contributed by atoms with Crippen molar-refractivity contribution in [2.45, 2.75) is 5.92 Å². The first-order valence-corrected chi connectivity index (χ1v) is 9.71. The molecule has 2 N–H and O–H groups in total. The molecule has 1 aliphatic rings. The zero-order valence-corrected chi connectivity index (χ0v) is 16.1. The summed E-state index contributed by atoms with van der Waals surface area (Å²) in [5, 5.41) is 2.75. The minimum Gasteiger partial charge on any atom is -0.449 e. The van der Waals surface area contributed by atoms with Gasteiger partial charge >= 0.3 is 6.09 Å². The van der Waals surface area contributed by atoms with Crippen molar-refractivity contribution >= 4 is 23.3 Å². The summed E-state index contributed by atoms with van der Waals surface area (Å²) >= 11 is 0. The number of hydrogen-bond donors (Lipinski definition) is 2. The molecule has 0 unspecified atom stereocenters. The summed E-state index contributed by atoms with van der Waals surface area (Å²) in [5.74, 6) is 0.0494. The average molecular weight is 397 g/mol. The Morgan fingerprint density at radius 3 is 2.53 bits per heavy atom. The number of nitrogens with one attached hydrogen (secondary N) is 2. The summed E-state index contributed by atoms with van der Waals surface area (Å²) in [6, 6.07) is 16.5. The van der Waals surface area contributed by atoms with Gasteiger partial charge in [-0.25, -0.2) is 19.7 Å². The van der Waals surface area contributed by atoms with Gasteiger partial charge in [0, 0.05) is 12.5 Å². The van der Waals surface area contributed by atoms with E-state index < -0.39 is 6.09 Å². The lowest BCUT2D eigenvalue weighted by Crippen LogP contribution is -2.26. The highest BCUT2D eigenvalue weighted by molar-refractivity contribution is 5.80. The third-order valence-corrected chi connectivity index (χ3v) is 5.24. The molecule has 2 aromatic carbocycles. The van der Waals surface area contributed by atoms with Gasteiger partial charge in [0.1, 0.15) is 18.5 Å². The van der Waals surface area contributed by atoms with Crippen LogP contribution < -0.4 is 5.32 Å². The molecule has 0 spiro atoms. The van der Waals surface area contributed by atoms with E-state index in [1.54, 1.807) is 6.33 Å². The first kappa shape index (κ1) is 18.1. The Hall–Kier alpha value is -4.00. The second kappa shape index (κ2) is 7.79. The van der Waals surface area contributed by atoms with Crippen molar-refractivity contribution in [1.29, 1.82) is 0 Å². The number of fused-ring (bicyclic) bond motifs is 4. The highest BCUT2D eigenvalue weighted by Crippen LogP contribution is 2.44. The van der Waals surface area contributed by atoms with E-state index in [1.807, 2.05) is 36.4 Å². The van der Waals surface area contributed by atoms with E-state index in [0.29, 0.717) is 24.5 Å². The Morgan fingerprint density at radius 2 is 1.77 bits per heavy atom. The number of aromatic nitrogens is 4. The first-order valence-electron chi connectivity index (χ1n) is 9.71. The van der Waals surface area contributed by atoms with Crippen molar-refractivity contribution in [3.8, 4) is 11.1 Å². The van der Waals surface area contributed by atoms with Crippen molar-refractivity contribution in [2.24, 2.45) is 0 Å². The number of H-pyrrole nitrogens is 1. The van der Waals surface area contributed by atoms with E-state index in [2.05, 4.69) is 49.5 Å². The molecule has 0 radical (unpaired) electrons. The predicted octanol–water partition coefficient (Wildman–Crippen LogP) is 3.90. The van der Waals surface area contributed by atoms with Crippen molar-refractivity contribution in [3.05, 3.63) is 84.1 Å². The molecule has 0 bridgehead atoms. The van der Waals surface area contributed by atoms with Crippen LogP contribution in [0.25, 0.3) is 28.4 Å². The van der Waals surface area contributed by atoms with E-state index in [1.165, 1.54) is 28.6 Å². The Kier molecular flexibility index (Phi) is 4.69. The van der Waals surface area contributed by atoms with Crippen molar-refractivity contribution in [2.75, 3.05) is 13.2 Å². The van der Waals surface area contributed by atoms with Gasteiger partial charge < -0.3 is 15.0 Å². The Balaban J connectivity index is 1.20. The molecule has 5 rings (SSSR count). The second-order valence-corrected chi connectivity index (χ2v) is 6.97. The molecule has 0 saturated carbocycles. The van der Waals surface area contributed by atoms with E-state index in [0.717, 1.165) is 5.52 Å². The molecule has 148 valence electrons. The molecule has 2 aromatic heterocycles. The fourth-order valence-electron chi connectivity index (χ4n) is 3.87. The zero-order valence-electron chi connectivity index (χ0n) is 16.1. The maximum Gasteiger partial charge on any atom is 0.407 e. The number of carbonyl (C=O) groups excluding carboxylic acids is 1. The molecule has 4 aromatic rings. The monoisotopic (exact) mass is 397 g/mol. The number of ether oxygens (including phenoxy) is 1. The number of amides is 1. The van der Waals surface area contributed by atoms with Gasteiger partial charge in [0.05, 0.1) is 12.0 Å². The highest BCUT2D eigenvalue weighted by Gasteiger charge is 2.28. The van der Waals surface area contributed by atoms with E-state index in [4.69, 9.17) is 4.74 Å². The lowest BCUT2D eigenvalue weighted by Gasteiger charge is -2.14. The van der Waals surface area contributed by atoms with Crippen LogP contribution in [0.3, 0.4) is 0 Å². The topological polar surface area (TPSA) is 92.8 Å².